The zero-order valence-electron chi connectivity index (χ0n) is 12.6. The molecule has 0 aliphatic rings. The van der Waals surface area contributed by atoms with Crippen molar-refractivity contribution in [2.45, 2.75) is 6.92 Å². The average Bonchev–Trinajstić information content (AvgIpc) is 2.87. The number of hydrogen-bond acceptors (Lipinski definition) is 4. The van der Waals surface area contributed by atoms with Crippen molar-refractivity contribution in [1.29, 1.82) is 0 Å². The number of amides is 1. The summed E-state index contributed by atoms with van der Waals surface area (Å²) in [6, 6.07) is 15.0. The van der Waals surface area contributed by atoms with Crippen LogP contribution in [0.15, 0.2) is 58.8 Å². The average molecular weight is 308 g/mol. The van der Waals surface area contributed by atoms with Crippen LogP contribution in [-0.4, -0.2) is 22.5 Å². The second kappa shape index (κ2) is 6.31. The Labute approximate surface area is 132 Å². The maximum Gasteiger partial charge on any atom is 0.283 e. The van der Waals surface area contributed by atoms with E-state index in [-0.39, 0.29) is 18.1 Å². The SMILES string of the molecule is Cc1ccc(NCC(=O)N=Nc2c(O)[nH]c3ccccc23)cc1. The molecule has 6 heteroatoms. The van der Waals surface area contributed by atoms with Gasteiger partial charge in [-0.2, -0.15) is 0 Å². The minimum Gasteiger partial charge on any atom is -0.493 e. The number of rotatable bonds is 4. The molecule has 0 radical (unpaired) electrons. The number of anilines is 1. The quantitative estimate of drug-likeness (QED) is 0.638. The van der Waals surface area contributed by atoms with Gasteiger partial charge in [0.15, 0.2) is 5.69 Å². The third kappa shape index (κ3) is 3.37. The number of nitrogens with one attached hydrogen (secondary N) is 2. The molecule has 0 fully saturated rings. The van der Waals surface area contributed by atoms with Gasteiger partial charge < -0.3 is 15.4 Å². The maximum absolute atomic E-state index is 11.8. The van der Waals surface area contributed by atoms with Crippen molar-refractivity contribution in [3.05, 3.63) is 54.1 Å². The molecule has 3 aromatic rings. The number of aromatic hydroxyl groups is 1. The van der Waals surface area contributed by atoms with Gasteiger partial charge in [0, 0.05) is 11.1 Å². The lowest BCUT2D eigenvalue weighted by Gasteiger charge is -2.03. The molecule has 23 heavy (non-hydrogen) atoms. The Morgan fingerprint density at radius 2 is 1.91 bits per heavy atom. The van der Waals surface area contributed by atoms with Crippen molar-refractivity contribution in [3.63, 3.8) is 0 Å². The number of hydrogen-bond donors (Lipinski definition) is 3. The van der Waals surface area contributed by atoms with Crippen LogP contribution in [0.3, 0.4) is 0 Å². The summed E-state index contributed by atoms with van der Waals surface area (Å²) in [5.41, 5.74) is 3.00. The van der Waals surface area contributed by atoms with Gasteiger partial charge in [-0.1, -0.05) is 35.9 Å². The van der Waals surface area contributed by atoms with Crippen LogP contribution in [0.2, 0.25) is 0 Å². The Kier molecular flexibility index (Phi) is 4.05. The minimum absolute atomic E-state index is 0.0374. The fourth-order valence-corrected chi connectivity index (χ4v) is 2.20. The maximum atomic E-state index is 11.8. The first-order valence-electron chi connectivity index (χ1n) is 7.18. The Balaban J connectivity index is 1.68. The van der Waals surface area contributed by atoms with Gasteiger partial charge in [0.1, 0.15) is 0 Å². The first-order valence-corrected chi connectivity index (χ1v) is 7.18. The lowest BCUT2D eigenvalue weighted by molar-refractivity contribution is -0.116. The third-order valence-corrected chi connectivity index (χ3v) is 3.42. The molecule has 0 aliphatic carbocycles. The minimum atomic E-state index is -0.421. The van der Waals surface area contributed by atoms with Gasteiger partial charge in [0.25, 0.3) is 5.91 Å². The number of H-pyrrole nitrogens is 1. The van der Waals surface area contributed by atoms with Gasteiger partial charge in [-0.05, 0) is 25.1 Å². The zero-order chi connectivity index (χ0) is 16.2. The molecule has 3 N–H and O–H groups in total. The molecule has 0 saturated carbocycles. The van der Waals surface area contributed by atoms with Crippen LogP contribution < -0.4 is 5.32 Å². The summed E-state index contributed by atoms with van der Waals surface area (Å²) < 4.78 is 0. The summed E-state index contributed by atoms with van der Waals surface area (Å²) in [5, 5.41) is 21.1. The molecule has 0 bridgehead atoms. The standard InChI is InChI=1S/C17H16N4O2/c1-11-6-8-12(9-7-11)18-10-15(22)20-21-16-13-4-2-3-5-14(13)19-17(16)23/h2-9,18-19,23H,10H2,1H3. The topological polar surface area (TPSA) is 89.8 Å². The molecule has 116 valence electrons. The highest BCUT2D eigenvalue weighted by Crippen LogP contribution is 2.35. The molecular weight excluding hydrogens is 292 g/mol. The number of para-hydroxylation sites is 1. The van der Waals surface area contributed by atoms with Crippen molar-refractivity contribution < 1.29 is 9.90 Å². The van der Waals surface area contributed by atoms with Crippen molar-refractivity contribution in [3.8, 4) is 5.88 Å². The molecule has 0 unspecified atom stereocenters. The molecule has 0 spiro atoms. The van der Waals surface area contributed by atoms with Crippen LogP contribution in [-0.2, 0) is 4.79 Å². The summed E-state index contributed by atoms with van der Waals surface area (Å²) in [7, 11) is 0. The van der Waals surface area contributed by atoms with E-state index in [1.807, 2.05) is 49.4 Å². The van der Waals surface area contributed by atoms with Crippen LogP contribution in [0.1, 0.15) is 5.56 Å². The number of azo groups is 1. The number of carbonyl (C=O) groups excluding carboxylic acids is 1. The number of nitrogens with zero attached hydrogens (tertiary/aromatic N) is 2. The Morgan fingerprint density at radius 1 is 1.17 bits per heavy atom. The molecule has 1 heterocycles. The number of benzene rings is 2. The first-order chi connectivity index (χ1) is 11.1. The number of aromatic nitrogens is 1. The van der Waals surface area contributed by atoms with E-state index < -0.39 is 5.91 Å². The summed E-state index contributed by atoms with van der Waals surface area (Å²) in [5.74, 6) is -0.524. The molecule has 6 nitrogen and oxygen atoms in total. The molecule has 2 aromatic carbocycles. The number of fused-ring (bicyclic) bond motifs is 1. The number of aromatic amines is 1. The smallest absolute Gasteiger partial charge is 0.283 e. The molecule has 3 rings (SSSR count). The molecule has 0 aliphatic heterocycles. The summed E-state index contributed by atoms with van der Waals surface area (Å²) >= 11 is 0. The second-order valence-electron chi connectivity index (χ2n) is 5.18. The summed E-state index contributed by atoms with van der Waals surface area (Å²) in [6.45, 7) is 2.03. The van der Waals surface area contributed by atoms with Gasteiger partial charge >= 0.3 is 0 Å². The second-order valence-corrected chi connectivity index (χ2v) is 5.18. The van der Waals surface area contributed by atoms with Crippen LogP contribution in [0.25, 0.3) is 10.9 Å². The molecular formula is C17H16N4O2. The van der Waals surface area contributed by atoms with Crippen molar-refractivity contribution in [1.82, 2.24) is 4.98 Å². The fourth-order valence-electron chi connectivity index (χ4n) is 2.20. The van der Waals surface area contributed by atoms with Crippen LogP contribution in [0.4, 0.5) is 11.4 Å². The number of carbonyl (C=O) groups is 1. The lowest BCUT2D eigenvalue weighted by Crippen LogP contribution is -2.10. The Bertz CT molecular complexity index is 866. The molecule has 0 atom stereocenters. The molecule has 1 aromatic heterocycles. The Morgan fingerprint density at radius 3 is 2.70 bits per heavy atom. The Hall–Kier alpha value is -3.15. The van der Waals surface area contributed by atoms with E-state index in [4.69, 9.17) is 0 Å². The van der Waals surface area contributed by atoms with Crippen LogP contribution in [0, 0.1) is 6.92 Å². The lowest BCUT2D eigenvalue weighted by atomic mass is 10.2. The highest BCUT2D eigenvalue weighted by atomic mass is 16.3. The zero-order valence-corrected chi connectivity index (χ0v) is 12.6. The van der Waals surface area contributed by atoms with E-state index in [9.17, 15) is 9.90 Å². The third-order valence-electron chi connectivity index (χ3n) is 3.42. The van der Waals surface area contributed by atoms with E-state index in [0.717, 1.165) is 16.8 Å². The van der Waals surface area contributed by atoms with Crippen LogP contribution in [0.5, 0.6) is 5.88 Å². The number of aryl methyl sites for hydroxylation is 1. The predicted molar refractivity (Wildman–Crippen MR) is 89.2 cm³/mol. The summed E-state index contributed by atoms with van der Waals surface area (Å²) in [6.07, 6.45) is 0. The van der Waals surface area contributed by atoms with Crippen molar-refractivity contribution >= 4 is 28.2 Å². The van der Waals surface area contributed by atoms with E-state index in [2.05, 4.69) is 20.5 Å². The fraction of sp³-hybridized carbons (Fsp3) is 0.118. The molecule has 1 amide bonds. The highest BCUT2D eigenvalue weighted by molar-refractivity contribution is 5.94. The van der Waals surface area contributed by atoms with Crippen molar-refractivity contribution in [2.75, 3.05) is 11.9 Å². The normalized spacial score (nSPS) is 11.2. The predicted octanol–water partition coefficient (Wildman–Crippen LogP) is 3.90. The summed E-state index contributed by atoms with van der Waals surface area (Å²) in [4.78, 5) is 14.6. The van der Waals surface area contributed by atoms with E-state index in [0.29, 0.717) is 5.39 Å². The van der Waals surface area contributed by atoms with E-state index in [1.165, 1.54) is 0 Å². The van der Waals surface area contributed by atoms with Gasteiger partial charge in [0.2, 0.25) is 5.88 Å². The first kappa shape index (κ1) is 14.8. The largest absolute Gasteiger partial charge is 0.493 e. The van der Waals surface area contributed by atoms with Gasteiger partial charge in [-0.25, -0.2) is 0 Å². The van der Waals surface area contributed by atoms with Gasteiger partial charge in [-0.15, -0.1) is 10.2 Å². The monoisotopic (exact) mass is 308 g/mol. The van der Waals surface area contributed by atoms with Gasteiger partial charge in [-0.3, -0.25) is 4.79 Å². The van der Waals surface area contributed by atoms with E-state index >= 15 is 0 Å². The van der Waals surface area contributed by atoms with Gasteiger partial charge in [0.05, 0.1) is 12.1 Å². The van der Waals surface area contributed by atoms with Crippen LogP contribution >= 0.6 is 0 Å². The highest BCUT2D eigenvalue weighted by Gasteiger charge is 2.10. The van der Waals surface area contributed by atoms with E-state index in [1.54, 1.807) is 6.07 Å². The molecule has 0 saturated heterocycles. The van der Waals surface area contributed by atoms with Crippen molar-refractivity contribution in [2.24, 2.45) is 10.2 Å².